The van der Waals surface area contributed by atoms with E-state index in [-0.39, 0.29) is 17.8 Å². The molecule has 1 amide bonds. The lowest BCUT2D eigenvalue weighted by Gasteiger charge is -2.30. The molecule has 2 aliphatic heterocycles. The lowest BCUT2D eigenvalue weighted by atomic mass is 9.97. The van der Waals surface area contributed by atoms with Crippen LogP contribution in [0.15, 0.2) is 34.9 Å². The predicted octanol–water partition coefficient (Wildman–Crippen LogP) is 2.82. The van der Waals surface area contributed by atoms with Gasteiger partial charge in [0.15, 0.2) is 5.76 Å². The number of aromatic nitrogens is 1. The highest BCUT2D eigenvalue weighted by atomic mass is 35.5. The first-order valence-corrected chi connectivity index (χ1v) is 8.30. The maximum absolute atomic E-state index is 12.3. The fourth-order valence-corrected chi connectivity index (χ4v) is 3.76. The van der Waals surface area contributed by atoms with Crippen molar-refractivity contribution in [2.24, 2.45) is 5.92 Å². The Labute approximate surface area is 139 Å². The Kier molecular flexibility index (Phi) is 3.83. The zero-order valence-corrected chi connectivity index (χ0v) is 13.4. The number of fused-ring (bicyclic) bond motifs is 2. The molecule has 2 saturated heterocycles. The van der Waals surface area contributed by atoms with Crippen LogP contribution in [0.2, 0.25) is 5.02 Å². The minimum atomic E-state index is -0.245. The minimum absolute atomic E-state index is 0.105. The largest absolute Gasteiger partial charge is 0.432 e. The summed E-state index contributed by atoms with van der Waals surface area (Å²) in [4.78, 5) is 18.9. The predicted molar refractivity (Wildman–Crippen MR) is 87.4 cm³/mol. The molecule has 1 unspecified atom stereocenters. The number of rotatable bonds is 3. The molecule has 2 aromatic rings. The number of piperidine rings is 1. The highest BCUT2D eigenvalue weighted by molar-refractivity contribution is 6.30. The highest BCUT2D eigenvalue weighted by Crippen LogP contribution is 2.27. The molecule has 5 nitrogen and oxygen atoms in total. The van der Waals surface area contributed by atoms with Crippen molar-refractivity contribution in [2.75, 3.05) is 19.6 Å². The summed E-state index contributed by atoms with van der Waals surface area (Å²) in [6, 6.07) is 7.48. The SMILES string of the molecule is O=C(N[C@@H]1C[C@H]2CCN(C2)C1)c1ncc(-c2cccc(Cl)c2)o1. The van der Waals surface area contributed by atoms with Gasteiger partial charge in [0.05, 0.1) is 6.20 Å². The molecule has 120 valence electrons. The van der Waals surface area contributed by atoms with Crippen LogP contribution in [-0.2, 0) is 0 Å². The Morgan fingerprint density at radius 3 is 3.13 bits per heavy atom. The molecule has 6 heteroatoms. The second-order valence-corrected chi connectivity index (χ2v) is 6.80. The van der Waals surface area contributed by atoms with Gasteiger partial charge in [-0.1, -0.05) is 23.7 Å². The Bertz CT molecular complexity index is 718. The van der Waals surface area contributed by atoms with Gasteiger partial charge >= 0.3 is 5.91 Å². The number of amides is 1. The molecule has 3 atom stereocenters. The number of nitrogens with one attached hydrogen (secondary N) is 1. The summed E-state index contributed by atoms with van der Waals surface area (Å²) < 4.78 is 5.60. The molecule has 2 aliphatic rings. The summed E-state index contributed by atoms with van der Waals surface area (Å²) in [7, 11) is 0. The van der Waals surface area contributed by atoms with Crippen LogP contribution < -0.4 is 5.32 Å². The van der Waals surface area contributed by atoms with Gasteiger partial charge < -0.3 is 14.6 Å². The van der Waals surface area contributed by atoms with Crippen LogP contribution in [0.4, 0.5) is 0 Å². The van der Waals surface area contributed by atoms with E-state index in [1.165, 1.54) is 13.0 Å². The van der Waals surface area contributed by atoms with Gasteiger partial charge in [-0.3, -0.25) is 4.79 Å². The standard InChI is InChI=1S/C17H18ClN3O2/c18-13-3-1-2-12(7-13)15-8-19-17(23-15)16(22)20-14-6-11-4-5-21(9-11)10-14/h1-3,7-8,11,14H,4-6,9-10H2,(H,20,22)/t11-,14-/m1/s1. The number of benzene rings is 1. The fraction of sp³-hybridized carbons (Fsp3) is 0.412. The monoisotopic (exact) mass is 331 g/mol. The van der Waals surface area contributed by atoms with E-state index in [4.69, 9.17) is 16.0 Å². The third-order valence-corrected chi connectivity index (χ3v) is 4.85. The van der Waals surface area contributed by atoms with E-state index in [9.17, 15) is 4.79 Å². The molecule has 2 bridgehead atoms. The number of carbonyl (C=O) groups excluding carboxylic acids is 1. The molecule has 0 radical (unpaired) electrons. The van der Waals surface area contributed by atoms with Crippen LogP contribution in [0, 0.1) is 5.92 Å². The van der Waals surface area contributed by atoms with Crippen LogP contribution in [-0.4, -0.2) is 41.5 Å². The normalized spacial score (nSPS) is 26.2. The van der Waals surface area contributed by atoms with E-state index in [2.05, 4.69) is 15.2 Å². The molecule has 0 spiro atoms. The van der Waals surface area contributed by atoms with Gasteiger partial charge in [0.2, 0.25) is 0 Å². The summed E-state index contributed by atoms with van der Waals surface area (Å²) in [5.74, 6) is 1.12. The molecule has 1 aromatic heterocycles. The number of hydrogen-bond donors (Lipinski definition) is 1. The van der Waals surface area contributed by atoms with Crippen molar-refractivity contribution >= 4 is 17.5 Å². The number of nitrogens with zero attached hydrogens (tertiary/aromatic N) is 2. The summed E-state index contributed by atoms with van der Waals surface area (Å²) in [6.45, 7) is 3.24. The first-order valence-electron chi connectivity index (χ1n) is 7.92. The highest BCUT2D eigenvalue weighted by Gasteiger charge is 2.33. The Hall–Kier alpha value is -1.85. The van der Waals surface area contributed by atoms with E-state index < -0.39 is 0 Å². The van der Waals surface area contributed by atoms with Crippen molar-refractivity contribution in [1.29, 1.82) is 0 Å². The summed E-state index contributed by atoms with van der Waals surface area (Å²) in [5.41, 5.74) is 0.811. The number of halogens is 1. The van der Waals surface area contributed by atoms with Crippen molar-refractivity contribution in [3.05, 3.63) is 41.4 Å². The molecular weight excluding hydrogens is 314 g/mol. The van der Waals surface area contributed by atoms with Crippen molar-refractivity contribution in [2.45, 2.75) is 18.9 Å². The van der Waals surface area contributed by atoms with Gasteiger partial charge in [-0.25, -0.2) is 4.98 Å². The van der Waals surface area contributed by atoms with Gasteiger partial charge in [0.25, 0.3) is 5.89 Å². The fourth-order valence-electron chi connectivity index (χ4n) is 3.57. The van der Waals surface area contributed by atoms with Crippen LogP contribution in [0.25, 0.3) is 11.3 Å². The Morgan fingerprint density at radius 2 is 2.30 bits per heavy atom. The van der Waals surface area contributed by atoms with E-state index in [1.54, 1.807) is 18.3 Å². The zero-order chi connectivity index (χ0) is 15.8. The number of carbonyl (C=O) groups is 1. The van der Waals surface area contributed by atoms with Crippen LogP contribution in [0.3, 0.4) is 0 Å². The van der Waals surface area contributed by atoms with Gasteiger partial charge in [-0.2, -0.15) is 0 Å². The van der Waals surface area contributed by atoms with Crippen LogP contribution >= 0.6 is 11.6 Å². The summed E-state index contributed by atoms with van der Waals surface area (Å²) >= 11 is 5.98. The molecule has 0 aliphatic carbocycles. The smallest absolute Gasteiger partial charge is 0.307 e. The third kappa shape index (κ3) is 3.12. The second kappa shape index (κ2) is 5.98. The van der Waals surface area contributed by atoms with E-state index >= 15 is 0 Å². The van der Waals surface area contributed by atoms with E-state index in [0.29, 0.717) is 16.7 Å². The summed E-state index contributed by atoms with van der Waals surface area (Å²) in [5, 5.41) is 3.67. The first kappa shape index (κ1) is 14.7. The van der Waals surface area contributed by atoms with Gasteiger partial charge in [0.1, 0.15) is 0 Å². The molecule has 2 fully saturated rings. The second-order valence-electron chi connectivity index (χ2n) is 6.36. The Morgan fingerprint density at radius 1 is 1.39 bits per heavy atom. The molecule has 0 saturated carbocycles. The van der Waals surface area contributed by atoms with Crippen LogP contribution in [0.1, 0.15) is 23.5 Å². The molecule has 1 aromatic carbocycles. The van der Waals surface area contributed by atoms with E-state index in [1.807, 2.05) is 12.1 Å². The van der Waals surface area contributed by atoms with Crippen molar-refractivity contribution in [1.82, 2.24) is 15.2 Å². The van der Waals surface area contributed by atoms with Gasteiger partial charge in [-0.15, -0.1) is 0 Å². The average Bonchev–Trinajstić information content (AvgIpc) is 3.14. The topological polar surface area (TPSA) is 58.4 Å². The maximum atomic E-state index is 12.3. The van der Waals surface area contributed by atoms with E-state index in [0.717, 1.165) is 25.1 Å². The quantitative estimate of drug-likeness (QED) is 0.939. The molecular formula is C17H18ClN3O2. The molecule has 1 N–H and O–H groups in total. The van der Waals surface area contributed by atoms with Crippen molar-refractivity contribution in [3.8, 4) is 11.3 Å². The summed E-state index contributed by atoms with van der Waals surface area (Å²) in [6.07, 6.45) is 3.85. The lowest BCUT2D eigenvalue weighted by Crippen LogP contribution is -2.47. The lowest BCUT2D eigenvalue weighted by molar-refractivity contribution is 0.0875. The third-order valence-electron chi connectivity index (χ3n) is 4.61. The minimum Gasteiger partial charge on any atom is -0.432 e. The van der Waals surface area contributed by atoms with Crippen molar-refractivity contribution in [3.63, 3.8) is 0 Å². The zero-order valence-electron chi connectivity index (χ0n) is 12.7. The Balaban J connectivity index is 1.45. The first-order chi connectivity index (χ1) is 11.2. The van der Waals surface area contributed by atoms with Crippen molar-refractivity contribution < 1.29 is 9.21 Å². The van der Waals surface area contributed by atoms with Gasteiger partial charge in [-0.05, 0) is 37.4 Å². The van der Waals surface area contributed by atoms with Gasteiger partial charge in [0, 0.05) is 29.7 Å². The molecule has 3 heterocycles. The van der Waals surface area contributed by atoms with Crippen LogP contribution in [0.5, 0.6) is 0 Å². The number of hydrogen-bond acceptors (Lipinski definition) is 4. The molecule has 4 rings (SSSR count). The average molecular weight is 332 g/mol. The maximum Gasteiger partial charge on any atom is 0.307 e. The number of oxazole rings is 1. The molecule has 23 heavy (non-hydrogen) atoms.